The zero-order valence-corrected chi connectivity index (χ0v) is 18.6. The Balaban J connectivity index is 1.43. The predicted octanol–water partition coefficient (Wildman–Crippen LogP) is 7.69. The van der Waals surface area contributed by atoms with Gasteiger partial charge < -0.3 is 10.1 Å². The molecule has 0 saturated carbocycles. The third-order valence-corrected chi connectivity index (χ3v) is 6.72. The number of esters is 1. The maximum absolute atomic E-state index is 12.6. The number of ether oxygens (including phenoxy) is 1. The Labute approximate surface area is 195 Å². The third-order valence-electron chi connectivity index (χ3n) is 5.92. The highest BCUT2D eigenvalue weighted by atomic mass is 35.5. The van der Waals surface area contributed by atoms with Crippen LogP contribution in [0.25, 0.3) is 0 Å². The lowest BCUT2D eigenvalue weighted by Crippen LogP contribution is -2.29. The largest absolute Gasteiger partial charge is 0.423 e. The Kier molecular flexibility index (Phi) is 5.43. The molecule has 2 aliphatic rings. The Hall–Kier alpha value is -2.46. The first-order valence-corrected chi connectivity index (χ1v) is 11.1. The van der Waals surface area contributed by atoms with Gasteiger partial charge in [0.15, 0.2) is 0 Å². The topological polar surface area (TPSA) is 38.3 Å². The maximum Gasteiger partial charge on any atom is 0.345 e. The molecule has 3 atom stereocenters. The number of rotatable bonds is 3. The van der Waals surface area contributed by atoms with Crippen molar-refractivity contribution in [3.8, 4) is 5.75 Å². The molecule has 5 rings (SSSR count). The average Bonchev–Trinajstić information content (AvgIpc) is 3.24. The molecular formula is C25H18Cl3NO2. The second-order valence-electron chi connectivity index (χ2n) is 7.79. The molecule has 0 aromatic heterocycles. The number of benzene rings is 3. The van der Waals surface area contributed by atoms with Crippen molar-refractivity contribution in [1.82, 2.24) is 0 Å². The van der Waals surface area contributed by atoms with E-state index >= 15 is 0 Å². The minimum absolute atomic E-state index is 0.186. The molecule has 1 N–H and O–H groups in total. The molecule has 0 amide bonds. The number of hydrogen-bond acceptors (Lipinski definition) is 3. The van der Waals surface area contributed by atoms with E-state index in [4.69, 9.17) is 39.5 Å². The highest BCUT2D eigenvalue weighted by Gasteiger charge is 2.38. The van der Waals surface area contributed by atoms with Gasteiger partial charge in [-0.25, -0.2) is 4.79 Å². The molecule has 6 heteroatoms. The van der Waals surface area contributed by atoms with Crippen LogP contribution in [-0.2, 0) is 0 Å². The van der Waals surface area contributed by atoms with E-state index in [-0.39, 0.29) is 22.5 Å². The van der Waals surface area contributed by atoms with Gasteiger partial charge in [-0.05, 0) is 72.0 Å². The normalized spacial score (nSPS) is 21.2. The van der Waals surface area contributed by atoms with Crippen LogP contribution in [0.1, 0.15) is 39.9 Å². The summed E-state index contributed by atoms with van der Waals surface area (Å²) in [6.07, 6.45) is 5.45. The molecule has 1 aliphatic heterocycles. The van der Waals surface area contributed by atoms with Crippen LogP contribution in [0.4, 0.5) is 5.69 Å². The lowest BCUT2D eigenvalue weighted by Gasteiger charge is -2.37. The Morgan fingerprint density at radius 1 is 0.935 bits per heavy atom. The van der Waals surface area contributed by atoms with Crippen LogP contribution in [0.2, 0.25) is 15.1 Å². The van der Waals surface area contributed by atoms with Crippen molar-refractivity contribution in [2.75, 3.05) is 5.32 Å². The van der Waals surface area contributed by atoms with Gasteiger partial charge in [0.05, 0.1) is 16.6 Å². The van der Waals surface area contributed by atoms with Crippen molar-refractivity contribution < 1.29 is 9.53 Å². The molecular weight excluding hydrogens is 453 g/mol. The van der Waals surface area contributed by atoms with E-state index in [9.17, 15) is 4.79 Å². The highest BCUT2D eigenvalue weighted by Crippen LogP contribution is 2.50. The third kappa shape index (κ3) is 3.94. The Morgan fingerprint density at radius 3 is 2.48 bits per heavy atom. The molecule has 3 aromatic rings. The van der Waals surface area contributed by atoms with E-state index < -0.39 is 5.97 Å². The Bertz CT molecular complexity index is 1190. The zero-order valence-electron chi connectivity index (χ0n) is 16.3. The number of allylic oxidation sites excluding steroid dienone is 2. The molecule has 31 heavy (non-hydrogen) atoms. The second kappa shape index (κ2) is 8.23. The minimum Gasteiger partial charge on any atom is -0.423 e. The summed E-state index contributed by atoms with van der Waals surface area (Å²) >= 11 is 18.1. The van der Waals surface area contributed by atoms with E-state index in [1.807, 2.05) is 24.3 Å². The van der Waals surface area contributed by atoms with Crippen molar-refractivity contribution in [3.63, 3.8) is 0 Å². The second-order valence-corrected chi connectivity index (χ2v) is 9.07. The van der Waals surface area contributed by atoms with Crippen LogP contribution in [0.15, 0.2) is 72.8 Å². The molecule has 0 spiro atoms. The zero-order chi connectivity index (χ0) is 21.5. The van der Waals surface area contributed by atoms with Crippen molar-refractivity contribution in [1.29, 1.82) is 0 Å². The summed E-state index contributed by atoms with van der Waals surface area (Å²) in [6, 6.07) is 18.6. The fourth-order valence-corrected chi connectivity index (χ4v) is 5.06. The molecule has 1 aliphatic carbocycles. The number of fused-ring (bicyclic) bond motifs is 3. The minimum atomic E-state index is -0.511. The van der Waals surface area contributed by atoms with Crippen LogP contribution >= 0.6 is 34.8 Å². The quantitative estimate of drug-likeness (QED) is 0.242. The summed E-state index contributed by atoms with van der Waals surface area (Å²) in [7, 11) is 0. The van der Waals surface area contributed by atoms with Gasteiger partial charge in [-0.3, -0.25) is 0 Å². The van der Waals surface area contributed by atoms with Crippen LogP contribution in [-0.4, -0.2) is 5.97 Å². The first-order valence-electron chi connectivity index (χ1n) is 9.99. The van der Waals surface area contributed by atoms with Gasteiger partial charge in [0.1, 0.15) is 5.75 Å². The SMILES string of the molecule is O=C(Oc1ccc2c(c1)[C@@H]1C=CC[C@@H]1[C@@H](c1ccc(Cl)cc1)N2)c1ccc(Cl)cc1Cl. The monoisotopic (exact) mass is 469 g/mol. The van der Waals surface area contributed by atoms with Crippen molar-refractivity contribution >= 4 is 46.5 Å². The smallest absolute Gasteiger partial charge is 0.345 e. The number of halogens is 3. The van der Waals surface area contributed by atoms with Crippen molar-refractivity contribution in [2.45, 2.75) is 18.4 Å². The number of nitrogens with one attached hydrogen (secondary N) is 1. The molecule has 0 fully saturated rings. The molecule has 0 saturated heterocycles. The molecule has 156 valence electrons. The van der Waals surface area contributed by atoms with E-state index in [0.717, 1.165) is 22.7 Å². The van der Waals surface area contributed by atoms with Gasteiger partial charge in [-0.1, -0.05) is 59.1 Å². The van der Waals surface area contributed by atoms with Crippen LogP contribution in [0, 0.1) is 5.92 Å². The van der Waals surface area contributed by atoms with E-state index in [1.165, 1.54) is 11.6 Å². The van der Waals surface area contributed by atoms with Gasteiger partial charge in [0.2, 0.25) is 0 Å². The summed E-state index contributed by atoms with van der Waals surface area (Å²) in [5.41, 5.74) is 3.65. The van der Waals surface area contributed by atoms with Crippen LogP contribution in [0.3, 0.4) is 0 Å². The molecule has 0 radical (unpaired) electrons. The van der Waals surface area contributed by atoms with Gasteiger partial charge >= 0.3 is 5.97 Å². The summed E-state index contributed by atoms with van der Waals surface area (Å²) in [5, 5.41) is 5.14. The van der Waals surface area contributed by atoms with Crippen molar-refractivity contribution in [3.05, 3.63) is 105 Å². The van der Waals surface area contributed by atoms with Gasteiger partial charge in [0, 0.05) is 21.7 Å². The highest BCUT2D eigenvalue weighted by molar-refractivity contribution is 6.36. The standard InChI is InChI=1S/C25H18Cl3NO2/c26-15-6-4-14(5-7-15)24-19-3-1-2-18(19)21-13-17(9-11-23(21)29-24)31-25(30)20-10-8-16(27)12-22(20)28/h1-2,4-13,18-19,24,29H,3H2/t18-,19+,24-/m1/s1. The van der Waals surface area contributed by atoms with E-state index in [0.29, 0.717) is 16.7 Å². The number of carbonyl (C=O) groups excluding carboxylic acids is 1. The van der Waals surface area contributed by atoms with E-state index in [2.05, 4.69) is 29.6 Å². The maximum atomic E-state index is 12.6. The van der Waals surface area contributed by atoms with E-state index in [1.54, 1.807) is 18.2 Å². The summed E-state index contributed by atoms with van der Waals surface area (Å²) in [4.78, 5) is 12.6. The summed E-state index contributed by atoms with van der Waals surface area (Å²) < 4.78 is 5.63. The molecule has 0 unspecified atom stereocenters. The summed E-state index contributed by atoms with van der Waals surface area (Å²) in [5.74, 6) is 0.600. The summed E-state index contributed by atoms with van der Waals surface area (Å²) in [6.45, 7) is 0. The molecule has 3 aromatic carbocycles. The van der Waals surface area contributed by atoms with Crippen molar-refractivity contribution in [2.24, 2.45) is 5.92 Å². The predicted molar refractivity (Wildman–Crippen MR) is 126 cm³/mol. The van der Waals surface area contributed by atoms with Crippen LogP contribution < -0.4 is 10.1 Å². The molecule has 1 heterocycles. The fraction of sp³-hybridized carbons (Fsp3) is 0.160. The number of anilines is 1. The fourth-order valence-electron chi connectivity index (χ4n) is 4.45. The number of hydrogen-bond donors (Lipinski definition) is 1. The molecule has 0 bridgehead atoms. The van der Waals surface area contributed by atoms with Gasteiger partial charge in [-0.2, -0.15) is 0 Å². The first-order chi connectivity index (χ1) is 15.0. The molecule has 3 nitrogen and oxygen atoms in total. The first kappa shape index (κ1) is 20.4. The van der Waals surface area contributed by atoms with Gasteiger partial charge in [0.25, 0.3) is 0 Å². The number of carbonyl (C=O) groups is 1. The average molecular weight is 471 g/mol. The lowest BCUT2D eigenvalue weighted by atomic mass is 9.77. The Morgan fingerprint density at radius 2 is 1.71 bits per heavy atom. The lowest BCUT2D eigenvalue weighted by molar-refractivity contribution is 0.0735. The van der Waals surface area contributed by atoms with Crippen LogP contribution in [0.5, 0.6) is 5.75 Å². The van der Waals surface area contributed by atoms with Gasteiger partial charge in [-0.15, -0.1) is 0 Å².